The molecule has 2 aromatic heterocycles. The van der Waals surface area contributed by atoms with E-state index < -0.39 is 9.84 Å². The van der Waals surface area contributed by atoms with Crippen molar-refractivity contribution in [2.45, 2.75) is 58.4 Å². The molecule has 4 rings (SSSR count). The first-order valence-corrected chi connectivity index (χ1v) is 16.4. The lowest BCUT2D eigenvalue weighted by molar-refractivity contribution is 0.596. The van der Waals surface area contributed by atoms with Gasteiger partial charge in [0.05, 0.1) is 22.9 Å². The Morgan fingerprint density at radius 1 is 0.905 bits per heavy atom. The second kappa shape index (κ2) is 15.8. The van der Waals surface area contributed by atoms with Gasteiger partial charge in [-0.2, -0.15) is 0 Å². The standard InChI is InChI=1S/C35H38FN3O2S/c1-2-3-4-5-11-27-42(40,41)28-12-7-10-17-33-38-34(30-18-20-32(36)21-19-30)35(31-22-24-37-25-23-31)39(33)26-13-16-29-14-8-6-9-15-29/h5-6,8-9,11,14-15,18-25H,2-4,7,12-13,16,26-28H2,1H3. The van der Waals surface area contributed by atoms with Crippen molar-refractivity contribution >= 4 is 9.84 Å². The Morgan fingerprint density at radius 2 is 1.67 bits per heavy atom. The molecule has 0 spiro atoms. The number of benzene rings is 2. The summed E-state index contributed by atoms with van der Waals surface area (Å²) in [6.07, 6.45) is 13.0. The fourth-order valence-corrected chi connectivity index (χ4v) is 5.90. The number of rotatable bonds is 14. The van der Waals surface area contributed by atoms with E-state index >= 15 is 0 Å². The Balaban J connectivity index is 1.58. The molecule has 0 fully saturated rings. The molecular weight excluding hydrogens is 545 g/mol. The quantitative estimate of drug-likeness (QED) is 0.0868. The number of sulfone groups is 1. The fraction of sp³-hybridized carbons (Fsp3) is 0.314. The summed E-state index contributed by atoms with van der Waals surface area (Å²) in [6, 6.07) is 20.6. The molecule has 0 saturated carbocycles. The van der Waals surface area contributed by atoms with Crippen molar-refractivity contribution in [3.8, 4) is 34.4 Å². The average molecular weight is 584 g/mol. The zero-order valence-electron chi connectivity index (χ0n) is 24.2. The molecule has 42 heavy (non-hydrogen) atoms. The van der Waals surface area contributed by atoms with Crippen LogP contribution in [0.1, 0.15) is 56.8 Å². The third-order valence-corrected chi connectivity index (χ3v) is 8.54. The monoisotopic (exact) mass is 583 g/mol. The highest BCUT2D eigenvalue weighted by Crippen LogP contribution is 2.33. The molecule has 0 aliphatic rings. The Hall–Kier alpha value is -4.02. The predicted molar refractivity (Wildman–Crippen MR) is 169 cm³/mol. The van der Waals surface area contributed by atoms with Gasteiger partial charge >= 0.3 is 0 Å². The summed E-state index contributed by atoms with van der Waals surface area (Å²) in [4.78, 5) is 9.13. The van der Waals surface area contributed by atoms with Crippen molar-refractivity contribution in [2.24, 2.45) is 0 Å². The molecule has 0 aliphatic heterocycles. The molecular formula is C35H38FN3O2S. The molecule has 4 aromatic rings. The number of hydrogen-bond donors (Lipinski definition) is 0. The van der Waals surface area contributed by atoms with Crippen LogP contribution in [0.15, 0.2) is 91.3 Å². The molecule has 0 atom stereocenters. The molecule has 2 aromatic carbocycles. The minimum Gasteiger partial charge on any atom is -0.317 e. The lowest BCUT2D eigenvalue weighted by atomic mass is 10.1. The van der Waals surface area contributed by atoms with Gasteiger partial charge in [-0.15, -0.1) is 0 Å². The van der Waals surface area contributed by atoms with Gasteiger partial charge in [0, 0.05) is 36.5 Å². The van der Waals surface area contributed by atoms with Crippen LogP contribution in [0.25, 0.3) is 22.5 Å². The van der Waals surface area contributed by atoms with Crippen molar-refractivity contribution in [1.82, 2.24) is 14.5 Å². The van der Waals surface area contributed by atoms with Crippen molar-refractivity contribution in [3.63, 3.8) is 0 Å². The van der Waals surface area contributed by atoms with Crippen LogP contribution in [-0.4, -0.2) is 34.5 Å². The third-order valence-electron chi connectivity index (χ3n) is 6.93. The van der Waals surface area contributed by atoms with E-state index in [1.807, 2.05) is 36.4 Å². The summed E-state index contributed by atoms with van der Waals surface area (Å²) in [6.45, 7) is 2.80. The van der Waals surface area contributed by atoms with Crippen LogP contribution in [0, 0.1) is 17.7 Å². The molecule has 0 amide bonds. The van der Waals surface area contributed by atoms with Crippen molar-refractivity contribution in [2.75, 3.05) is 11.5 Å². The van der Waals surface area contributed by atoms with Crippen LogP contribution in [0.2, 0.25) is 0 Å². The van der Waals surface area contributed by atoms with E-state index in [4.69, 9.17) is 4.98 Å². The highest BCUT2D eigenvalue weighted by molar-refractivity contribution is 7.91. The summed E-state index contributed by atoms with van der Waals surface area (Å²) in [7, 11) is -3.15. The number of unbranched alkanes of at least 4 members (excludes halogenated alkanes) is 3. The molecule has 2 heterocycles. The minimum atomic E-state index is -3.15. The Morgan fingerprint density at radius 3 is 2.40 bits per heavy atom. The van der Waals surface area contributed by atoms with E-state index in [0.717, 1.165) is 54.6 Å². The number of pyridine rings is 1. The van der Waals surface area contributed by atoms with Crippen LogP contribution in [0.3, 0.4) is 0 Å². The van der Waals surface area contributed by atoms with Gasteiger partial charge in [0.15, 0.2) is 15.7 Å². The topological polar surface area (TPSA) is 64.8 Å². The zero-order chi connectivity index (χ0) is 29.6. The fourth-order valence-electron chi connectivity index (χ4n) is 4.72. The maximum absolute atomic E-state index is 13.8. The summed E-state index contributed by atoms with van der Waals surface area (Å²) in [5, 5.41) is 0. The van der Waals surface area contributed by atoms with Crippen molar-refractivity contribution in [1.29, 1.82) is 0 Å². The molecule has 0 bridgehead atoms. The summed E-state index contributed by atoms with van der Waals surface area (Å²) in [5.41, 5.74) is 4.63. The predicted octanol–water partition coefficient (Wildman–Crippen LogP) is 7.68. The zero-order valence-corrected chi connectivity index (χ0v) is 25.0. The summed E-state index contributed by atoms with van der Waals surface area (Å²) in [5.74, 6) is 6.88. The van der Waals surface area contributed by atoms with E-state index in [0.29, 0.717) is 25.2 Å². The van der Waals surface area contributed by atoms with Crippen LogP contribution < -0.4 is 0 Å². The highest BCUT2D eigenvalue weighted by Gasteiger charge is 2.19. The van der Waals surface area contributed by atoms with Gasteiger partial charge in [0.1, 0.15) is 5.82 Å². The van der Waals surface area contributed by atoms with Crippen LogP contribution in [0.5, 0.6) is 0 Å². The van der Waals surface area contributed by atoms with E-state index in [1.54, 1.807) is 30.6 Å². The van der Waals surface area contributed by atoms with E-state index in [1.165, 1.54) is 17.7 Å². The second-order valence-corrected chi connectivity index (χ2v) is 12.5. The van der Waals surface area contributed by atoms with Crippen LogP contribution in [0.4, 0.5) is 4.39 Å². The van der Waals surface area contributed by atoms with Gasteiger partial charge in [-0.3, -0.25) is 4.98 Å². The molecule has 0 aliphatic carbocycles. The van der Waals surface area contributed by atoms with Crippen molar-refractivity contribution in [3.05, 3.63) is 108 Å². The molecule has 0 radical (unpaired) electrons. The molecule has 7 heteroatoms. The van der Waals surface area contributed by atoms with Gasteiger partial charge in [-0.25, -0.2) is 17.8 Å². The van der Waals surface area contributed by atoms with Gasteiger partial charge < -0.3 is 4.57 Å². The maximum Gasteiger partial charge on any atom is 0.186 e. The largest absolute Gasteiger partial charge is 0.317 e. The molecule has 5 nitrogen and oxygen atoms in total. The Bertz CT molecular complexity index is 1600. The number of allylic oxidation sites excluding steroid dienone is 1. The molecule has 0 unspecified atom stereocenters. The Kier molecular flexibility index (Phi) is 11.7. The molecule has 0 N–H and O–H groups in total. The first kappa shape index (κ1) is 30.9. The highest BCUT2D eigenvalue weighted by atomic mass is 32.2. The molecule has 0 saturated heterocycles. The normalized spacial score (nSPS) is 11.5. The van der Waals surface area contributed by atoms with Gasteiger partial charge in [0.2, 0.25) is 0 Å². The number of halogens is 1. The number of imidazole rings is 1. The smallest absolute Gasteiger partial charge is 0.186 e. The lowest BCUT2D eigenvalue weighted by Crippen LogP contribution is -2.09. The average Bonchev–Trinajstić information content (AvgIpc) is 3.36. The van der Waals surface area contributed by atoms with Gasteiger partial charge in [0.25, 0.3) is 0 Å². The number of aryl methyl sites for hydroxylation is 1. The molecule has 218 valence electrons. The third kappa shape index (κ3) is 9.25. The van der Waals surface area contributed by atoms with E-state index in [-0.39, 0.29) is 17.3 Å². The minimum absolute atomic E-state index is 0.0757. The number of nitrogens with zero attached hydrogens (tertiary/aromatic N) is 3. The second-order valence-electron chi connectivity index (χ2n) is 10.2. The Labute approximate surface area is 249 Å². The maximum atomic E-state index is 13.8. The summed E-state index contributed by atoms with van der Waals surface area (Å²) >= 11 is 0. The van der Waals surface area contributed by atoms with Crippen LogP contribution >= 0.6 is 0 Å². The van der Waals surface area contributed by atoms with E-state index in [2.05, 4.69) is 40.4 Å². The number of aromatic nitrogens is 3. The van der Waals surface area contributed by atoms with E-state index in [9.17, 15) is 12.8 Å². The van der Waals surface area contributed by atoms with Crippen molar-refractivity contribution < 1.29 is 12.8 Å². The SMILES string of the molecule is CCCCC=CCS(=O)(=O)CCCC#Cc1nc(-c2ccc(F)cc2)c(-c2ccncc2)n1CCCc1ccccc1. The first-order valence-electron chi connectivity index (χ1n) is 14.6. The summed E-state index contributed by atoms with van der Waals surface area (Å²) < 4.78 is 40.8. The number of hydrogen-bond acceptors (Lipinski definition) is 4. The van der Waals surface area contributed by atoms with Gasteiger partial charge in [-0.05, 0) is 73.6 Å². The van der Waals surface area contributed by atoms with Crippen LogP contribution in [-0.2, 0) is 22.8 Å². The van der Waals surface area contributed by atoms with Gasteiger partial charge in [-0.1, -0.05) is 68.2 Å². The lowest BCUT2D eigenvalue weighted by Gasteiger charge is -2.12. The first-order chi connectivity index (χ1) is 20.5.